The van der Waals surface area contributed by atoms with Crippen molar-refractivity contribution in [1.29, 1.82) is 0 Å². The number of thiocarbonyl (C=S) groups is 1. The highest BCUT2D eigenvalue weighted by Gasteiger charge is 2.37. The summed E-state index contributed by atoms with van der Waals surface area (Å²) in [6.07, 6.45) is -4.64. The zero-order chi connectivity index (χ0) is 15.6. The van der Waals surface area contributed by atoms with Crippen molar-refractivity contribution in [1.82, 2.24) is 4.90 Å². The number of hydrogen-bond acceptors (Lipinski definition) is 4. The van der Waals surface area contributed by atoms with E-state index in [1.807, 2.05) is 4.90 Å². The van der Waals surface area contributed by atoms with Crippen LogP contribution in [0.2, 0.25) is 0 Å². The molecule has 114 valence electrons. The monoisotopic (exact) mass is 319 g/mol. The molecule has 1 saturated heterocycles. The van der Waals surface area contributed by atoms with Gasteiger partial charge < -0.3 is 9.80 Å². The lowest BCUT2D eigenvalue weighted by molar-refractivity contribution is -0.385. The second-order valence-corrected chi connectivity index (χ2v) is 4.80. The summed E-state index contributed by atoms with van der Waals surface area (Å²) in [5, 5.41) is 10.7. The summed E-state index contributed by atoms with van der Waals surface area (Å²) in [6, 6.07) is 2.84. The minimum Gasteiger partial charge on any atom is -0.367 e. The molecule has 0 saturated carbocycles. The van der Waals surface area contributed by atoms with Gasteiger partial charge in [0.05, 0.1) is 16.0 Å². The summed E-state index contributed by atoms with van der Waals surface area (Å²) in [4.78, 5) is 13.2. The van der Waals surface area contributed by atoms with Gasteiger partial charge >= 0.3 is 6.18 Å². The molecule has 5 nitrogen and oxygen atoms in total. The van der Waals surface area contributed by atoms with Gasteiger partial charge in [-0.15, -0.1) is 0 Å². The van der Waals surface area contributed by atoms with Crippen molar-refractivity contribution in [2.75, 3.05) is 31.1 Å². The molecular formula is C12H12F3N3O2S. The van der Waals surface area contributed by atoms with E-state index in [1.54, 1.807) is 4.90 Å². The van der Waals surface area contributed by atoms with Crippen molar-refractivity contribution in [2.45, 2.75) is 6.18 Å². The normalized spacial score (nSPS) is 16.0. The molecule has 21 heavy (non-hydrogen) atoms. The molecule has 0 unspecified atom stereocenters. The van der Waals surface area contributed by atoms with Gasteiger partial charge in [-0.05, 0) is 6.07 Å². The highest BCUT2D eigenvalue weighted by Crippen LogP contribution is 2.39. The second kappa shape index (κ2) is 5.84. The number of nitro groups is 1. The topological polar surface area (TPSA) is 49.6 Å². The van der Waals surface area contributed by atoms with Crippen molar-refractivity contribution >= 4 is 29.1 Å². The van der Waals surface area contributed by atoms with E-state index in [-0.39, 0.29) is 5.69 Å². The first-order chi connectivity index (χ1) is 9.82. The van der Waals surface area contributed by atoms with Crippen LogP contribution >= 0.6 is 12.2 Å². The minimum atomic E-state index is -4.64. The van der Waals surface area contributed by atoms with Gasteiger partial charge in [-0.3, -0.25) is 10.1 Å². The molecule has 1 fully saturated rings. The summed E-state index contributed by atoms with van der Waals surface area (Å²) >= 11 is 4.79. The largest absolute Gasteiger partial charge is 0.418 e. The lowest BCUT2D eigenvalue weighted by Crippen LogP contribution is -2.46. The van der Waals surface area contributed by atoms with Crippen LogP contribution in [0.4, 0.5) is 24.5 Å². The molecule has 0 amide bonds. The van der Waals surface area contributed by atoms with Crippen molar-refractivity contribution in [3.8, 4) is 0 Å². The molecule has 1 aromatic carbocycles. The molecule has 0 spiro atoms. The second-order valence-electron chi connectivity index (χ2n) is 4.58. The zero-order valence-corrected chi connectivity index (χ0v) is 11.7. The quantitative estimate of drug-likeness (QED) is 0.487. The Morgan fingerprint density at radius 1 is 1.24 bits per heavy atom. The third kappa shape index (κ3) is 3.41. The summed E-state index contributed by atoms with van der Waals surface area (Å²) < 4.78 is 39.3. The van der Waals surface area contributed by atoms with E-state index in [0.29, 0.717) is 32.2 Å². The van der Waals surface area contributed by atoms with E-state index >= 15 is 0 Å². The predicted octanol–water partition coefficient (Wildman–Crippen LogP) is 2.69. The number of piperazine rings is 1. The van der Waals surface area contributed by atoms with Crippen molar-refractivity contribution < 1.29 is 18.1 Å². The fourth-order valence-electron chi connectivity index (χ4n) is 2.21. The number of nitro benzene ring substituents is 1. The van der Waals surface area contributed by atoms with E-state index < -0.39 is 22.4 Å². The lowest BCUT2D eigenvalue weighted by atomic mass is 10.1. The number of alkyl halides is 3. The molecule has 9 heteroatoms. The number of nitrogens with zero attached hydrogens (tertiary/aromatic N) is 3. The Morgan fingerprint density at radius 2 is 1.86 bits per heavy atom. The Bertz CT molecular complexity index is 557. The van der Waals surface area contributed by atoms with Gasteiger partial charge in [-0.25, -0.2) is 0 Å². The van der Waals surface area contributed by atoms with Crippen LogP contribution in [0, 0.1) is 10.1 Å². The van der Waals surface area contributed by atoms with Crippen LogP contribution in [-0.2, 0) is 6.18 Å². The van der Waals surface area contributed by atoms with Gasteiger partial charge in [-0.1, -0.05) is 12.2 Å². The molecule has 2 rings (SSSR count). The Kier molecular flexibility index (Phi) is 4.31. The fourth-order valence-corrected chi connectivity index (χ4v) is 2.42. The van der Waals surface area contributed by atoms with Crippen molar-refractivity contribution in [3.63, 3.8) is 0 Å². The van der Waals surface area contributed by atoms with Crippen LogP contribution in [0.1, 0.15) is 5.56 Å². The Morgan fingerprint density at radius 3 is 2.33 bits per heavy atom. The van der Waals surface area contributed by atoms with Gasteiger partial charge in [0.1, 0.15) is 0 Å². The maximum atomic E-state index is 13.1. The summed E-state index contributed by atoms with van der Waals surface area (Å²) in [5.41, 5.74) is -0.0917. The van der Waals surface area contributed by atoms with Crippen molar-refractivity contribution in [3.05, 3.63) is 33.9 Å². The third-order valence-corrected chi connectivity index (χ3v) is 3.60. The fraction of sp³-hybridized carbons (Fsp3) is 0.417. The highest BCUT2D eigenvalue weighted by atomic mass is 32.1. The molecule has 0 atom stereocenters. The summed E-state index contributed by atoms with van der Waals surface area (Å²) in [5.74, 6) is 0. The number of hydrogen-bond donors (Lipinski definition) is 0. The maximum absolute atomic E-state index is 13.1. The van der Waals surface area contributed by atoms with Crippen LogP contribution in [0.25, 0.3) is 0 Å². The Hall–Kier alpha value is -1.90. The molecule has 1 aromatic rings. The predicted molar refractivity (Wildman–Crippen MR) is 75.5 cm³/mol. The standard InChI is InChI=1S/C12H12F3N3O2S/c13-12(14,15)10-7-9(18(19)20)1-2-11(10)17-5-3-16(8-21)4-6-17/h1-2,7-8H,3-6H2. The molecule has 1 heterocycles. The molecular weight excluding hydrogens is 307 g/mol. The molecule has 0 bridgehead atoms. The third-order valence-electron chi connectivity index (χ3n) is 3.30. The lowest BCUT2D eigenvalue weighted by Gasteiger charge is -2.36. The molecule has 0 radical (unpaired) electrons. The van der Waals surface area contributed by atoms with Crippen LogP contribution < -0.4 is 4.90 Å². The van der Waals surface area contributed by atoms with Gasteiger partial charge in [-0.2, -0.15) is 13.2 Å². The number of rotatable bonds is 3. The van der Waals surface area contributed by atoms with E-state index in [2.05, 4.69) is 0 Å². The molecule has 1 aliphatic heterocycles. The van der Waals surface area contributed by atoms with Crippen LogP contribution in [0.5, 0.6) is 0 Å². The number of benzene rings is 1. The molecule has 0 aliphatic carbocycles. The molecule has 0 aromatic heterocycles. The van der Waals surface area contributed by atoms with Crippen LogP contribution in [-0.4, -0.2) is 41.5 Å². The molecule has 0 N–H and O–H groups in total. The van der Waals surface area contributed by atoms with Gasteiger partial charge in [0, 0.05) is 44.0 Å². The SMILES string of the molecule is O=[N+]([O-])c1ccc(N2CCN(C=S)CC2)c(C(F)(F)F)c1. The van der Waals surface area contributed by atoms with Crippen LogP contribution in [0.15, 0.2) is 18.2 Å². The summed E-state index contributed by atoms with van der Waals surface area (Å²) in [7, 11) is 0. The Labute approximate surface area is 124 Å². The van der Waals surface area contributed by atoms with E-state index in [1.165, 1.54) is 5.49 Å². The van der Waals surface area contributed by atoms with Gasteiger partial charge in [0.2, 0.25) is 0 Å². The highest BCUT2D eigenvalue weighted by molar-refractivity contribution is 7.78. The molecule has 1 aliphatic rings. The van der Waals surface area contributed by atoms with Gasteiger partial charge in [0.15, 0.2) is 0 Å². The smallest absolute Gasteiger partial charge is 0.367 e. The number of halogens is 3. The Balaban J connectivity index is 2.35. The number of anilines is 1. The average Bonchev–Trinajstić information content (AvgIpc) is 2.46. The van der Waals surface area contributed by atoms with Crippen molar-refractivity contribution in [2.24, 2.45) is 0 Å². The number of non-ortho nitro benzene ring substituents is 1. The first-order valence-electron chi connectivity index (χ1n) is 6.13. The van der Waals surface area contributed by atoms with E-state index in [0.717, 1.165) is 12.1 Å². The summed E-state index contributed by atoms with van der Waals surface area (Å²) in [6.45, 7) is 1.82. The zero-order valence-electron chi connectivity index (χ0n) is 10.8. The minimum absolute atomic E-state index is 0.0304. The van der Waals surface area contributed by atoms with E-state index in [4.69, 9.17) is 12.2 Å². The average molecular weight is 319 g/mol. The first kappa shape index (κ1) is 15.5. The van der Waals surface area contributed by atoms with Gasteiger partial charge in [0.25, 0.3) is 5.69 Å². The maximum Gasteiger partial charge on any atom is 0.418 e. The van der Waals surface area contributed by atoms with E-state index in [9.17, 15) is 23.3 Å². The first-order valence-corrected chi connectivity index (χ1v) is 6.60. The van der Waals surface area contributed by atoms with Crippen LogP contribution in [0.3, 0.4) is 0 Å².